The maximum atomic E-state index is 12.8. The highest BCUT2D eigenvalue weighted by Crippen LogP contribution is 2.24. The Morgan fingerprint density at radius 2 is 1.74 bits per heavy atom. The highest BCUT2D eigenvalue weighted by Gasteiger charge is 2.19. The SMILES string of the molecule is CC(C)c1ccc(Cn2c(C(C)NC(=O)c3cccc(Cl)c3)nc3ccccc32)cc1. The predicted octanol–water partition coefficient (Wildman–Crippen LogP) is 6.35. The summed E-state index contributed by atoms with van der Waals surface area (Å²) in [6.07, 6.45) is 0. The van der Waals surface area contributed by atoms with E-state index in [2.05, 4.69) is 54.1 Å². The molecule has 1 atom stereocenters. The summed E-state index contributed by atoms with van der Waals surface area (Å²) in [4.78, 5) is 17.6. The molecule has 5 heteroatoms. The van der Waals surface area contributed by atoms with Crippen molar-refractivity contribution in [3.63, 3.8) is 0 Å². The first-order valence-electron chi connectivity index (χ1n) is 10.5. The molecule has 1 aromatic heterocycles. The van der Waals surface area contributed by atoms with Crippen molar-refractivity contribution in [1.82, 2.24) is 14.9 Å². The third-order valence-corrected chi connectivity index (χ3v) is 5.73. The zero-order valence-electron chi connectivity index (χ0n) is 18.0. The van der Waals surface area contributed by atoms with E-state index in [0.29, 0.717) is 23.0 Å². The molecule has 0 spiro atoms. The second kappa shape index (κ2) is 8.94. The fourth-order valence-corrected chi connectivity index (χ4v) is 3.95. The molecule has 3 aromatic carbocycles. The van der Waals surface area contributed by atoms with E-state index in [1.165, 1.54) is 11.1 Å². The Kier molecular flexibility index (Phi) is 6.10. The van der Waals surface area contributed by atoms with Gasteiger partial charge in [-0.3, -0.25) is 4.79 Å². The number of hydrogen-bond donors (Lipinski definition) is 1. The van der Waals surface area contributed by atoms with Gasteiger partial charge < -0.3 is 9.88 Å². The monoisotopic (exact) mass is 431 g/mol. The van der Waals surface area contributed by atoms with Crippen molar-refractivity contribution < 1.29 is 4.79 Å². The lowest BCUT2D eigenvalue weighted by molar-refractivity contribution is 0.0937. The van der Waals surface area contributed by atoms with Crippen molar-refractivity contribution in [2.24, 2.45) is 0 Å². The van der Waals surface area contributed by atoms with Crippen LogP contribution in [0.4, 0.5) is 0 Å². The van der Waals surface area contributed by atoms with Gasteiger partial charge in [-0.05, 0) is 54.3 Å². The number of amides is 1. The fraction of sp³-hybridized carbons (Fsp3) is 0.231. The van der Waals surface area contributed by atoms with Crippen LogP contribution in [0.15, 0.2) is 72.8 Å². The lowest BCUT2D eigenvalue weighted by atomic mass is 10.0. The van der Waals surface area contributed by atoms with Crippen molar-refractivity contribution >= 4 is 28.5 Å². The van der Waals surface area contributed by atoms with Crippen LogP contribution in [0.1, 0.15) is 60.0 Å². The number of rotatable bonds is 6. The van der Waals surface area contributed by atoms with Gasteiger partial charge in [0.1, 0.15) is 5.82 Å². The number of halogens is 1. The van der Waals surface area contributed by atoms with Crippen LogP contribution >= 0.6 is 11.6 Å². The van der Waals surface area contributed by atoms with Crippen molar-refractivity contribution in [3.05, 3.63) is 100 Å². The van der Waals surface area contributed by atoms with E-state index in [-0.39, 0.29) is 11.9 Å². The van der Waals surface area contributed by atoms with Gasteiger partial charge in [0, 0.05) is 17.1 Å². The molecule has 4 rings (SSSR count). The topological polar surface area (TPSA) is 46.9 Å². The summed E-state index contributed by atoms with van der Waals surface area (Å²) in [5.41, 5.74) is 5.02. The molecule has 31 heavy (non-hydrogen) atoms. The highest BCUT2D eigenvalue weighted by molar-refractivity contribution is 6.30. The Balaban J connectivity index is 1.65. The first kappa shape index (κ1) is 21.1. The minimum atomic E-state index is -0.270. The number of hydrogen-bond acceptors (Lipinski definition) is 2. The summed E-state index contributed by atoms with van der Waals surface area (Å²) in [5.74, 6) is 1.15. The summed E-state index contributed by atoms with van der Waals surface area (Å²) >= 11 is 6.05. The number of aromatic nitrogens is 2. The van der Waals surface area contributed by atoms with Crippen LogP contribution in [-0.4, -0.2) is 15.5 Å². The summed E-state index contributed by atoms with van der Waals surface area (Å²) in [6.45, 7) is 7.04. The Labute approximate surface area is 187 Å². The summed E-state index contributed by atoms with van der Waals surface area (Å²) in [6, 6.07) is 23.5. The molecule has 1 unspecified atom stereocenters. The normalized spacial score (nSPS) is 12.3. The van der Waals surface area contributed by atoms with Gasteiger partial charge in [0.15, 0.2) is 0 Å². The molecule has 0 aliphatic carbocycles. The van der Waals surface area contributed by atoms with E-state index in [0.717, 1.165) is 16.9 Å². The summed E-state index contributed by atoms with van der Waals surface area (Å²) in [7, 11) is 0. The average molecular weight is 432 g/mol. The van der Waals surface area contributed by atoms with Crippen LogP contribution in [0, 0.1) is 0 Å². The largest absolute Gasteiger partial charge is 0.342 e. The predicted molar refractivity (Wildman–Crippen MR) is 127 cm³/mol. The molecule has 1 N–H and O–H groups in total. The number of carbonyl (C=O) groups excluding carboxylic acids is 1. The summed E-state index contributed by atoms with van der Waals surface area (Å²) < 4.78 is 2.18. The van der Waals surface area contributed by atoms with E-state index in [1.807, 2.05) is 25.1 Å². The zero-order chi connectivity index (χ0) is 22.0. The van der Waals surface area contributed by atoms with E-state index in [1.54, 1.807) is 24.3 Å². The molecule has 0 bridgehead atoms. The number of carbonyl (C=O) groups is 1. The lowest BCUT2D eigenvalue weighted by Gasteiger charge is -2.17. The van der Waals surface area contributed by atoms with Gasteiger partial charge in [0.05, 0.1) is 17.1 Å². The fourth-order valence-electron chi connectivity index (χ4n) is 3.76. The number of nitrogens with zero attached hydrogens (tertiary/aromatic N) is 2. The van der Waals surface area contributed by atoms with Gasteiger partial charge in [-0.15, -0.1) is 0 Å². The van der Waals surface area contributed by atoms with Gasteiger partial charge in [-0.25, -0.2) is 4.98 Å². The van der Waals surface area contributed by atoms with Crippen LogP contribution < -0.4 is 5.32 Å². The van der Waals surface area contributed by atoms with E-state index in [4.69, 9.17) is 16.6 Å². The molecule has 0 aliphatic heterocycles. The maximum absolute atomic E-state index is 12.8. The molecule has 0 fully saturated rings. The van der Waals surface area contributed by atoms with Gasteiger partial charge in [0.2, 0.25) is 0 Å². The quantitative estimate of drug-likeness (QED) is 0.386. The van der Waals surface area contributed by atoms with Gasteiger partial charge in [0.25, 0.3) is 5.91 Å². The number of benzene rings is 3. The summed E-state index contributed by atoms with van der Waals surface area (Å²) in [5, 5.41) is 3.61. The second-order valence-electron chi connectivity index (χ2n) is 8.15. The number of nitrogens with one attached hydrogen (secondary N) is 1. The van der Waals surface area contributed by atoms with Gasteiger partial charge >= 0.3 is 0 Å². The number of para-hydroxylation sites is 2. The van der Waals surface area contributed by atoms with E-state index < -0.39 is 0 Å². The lowest BCUT2D eigenvalue weighted by Crippen LogP contribution is -2.28. The molecule has 0 saturated carbocycles. The van der Waals surface area contributed by atoms with Crippen LogP contribution in [0.5, 0.6) is 0 Å². The Morgan fingerprint density at radius 1 is 1.00 bits per heavy atom. The minimum Gasteiger partial charge on any atom is -0.342 e. The van der Waals surface area contributed by atoms with E-state index in [9.17, 15) is 4.79 Å². The van der Waals surface area contributed by atoms with Gasteiger partial charge in [-0.1, -0.05) is 67.9 Å². The molecule has 1 heterocycles. The molecule has 4 aromatic rings. The van der Waals surface area contributed by atoms with Crippen LogP contribution in [-0.2, 0) is 6.54 Å². The average Bonchev–Trinajstić information content (AvgIpc) is 3.13. The third-order valence-electron chi connectivity index (χ3n) is 5.49. The first-order chi connectivity index (χ1) is 14.9. The van der Waals surface area contributed by atoms with Crippen molar-refractivity contribution in [2.75, 3.05) is 0 Å². The Bertz CT molecular complexity index is 1210. The van der Waals surface area contributed by atoms with E-state index >= 15 is 0 Å². The Morgan fingerprint density at radius 3 is 2.45 bits per heavy atom. The molecule has 4 nitrogen and oxygen atoms in total. The smallest absolute Gasteiger partial charge is 0.251 e. The molecular formula is C26H26ClN3O. The minimum absolute atomic E-state index is 0.171. The third kappa shape index (κ3) is 4.64. The first-order valence-corrected chi connectivity index (χ1v) is 10.9. The Hall–Kier alpha value is -3.11. The van der Waals surface area contributed by atoms with Crippen molar-refractivity contribution in [1.29, 1.82) is 0 Å². The van der Waals surface area contributed by atoms with Crippen LogP contribution in [0.25, 0.3) is 11.0 Å². The molecule has 1 amide bonds. The van der Waals surface area contributed by atoms with Crippen LogP contribution in [0.3, 0.4) is 0 Å². The number of imidazole rings is 1. The maximum Gasteiger partial charge on any atom is 0.251 e. The highest BCUT2D eigenvalue weighted by atomic mass is 35.5. The van der Waals surface area contributed by atoms with Crippen molar-refractivity contribution in [2.45, 2.75) is 39.3 Å². The molecule has 0 saturated heterocycles. The standard InChI is InChI=1S/C26H26ClN3O/c1-17(2)20-13-11-19(12-14-20)16-30-24-10-5-4-9-23(24)29-25(30)18(3)28-26(31)21-7-6-8-22(27)15-21/h4-15,17-18H,16H2,1-3H3,(H,28,31). The number of fused-ring (bicyclic) bond motifs is 1. The molecule has 158 valence electrons. The molecule has 0 radical (unpaired) electrons. The van der Waals surface area contributed by atoms with Crippen LogP contribution in [0.2, 0.25) is 5.02 Å². The molecular weight excluding hydrogens is 406 g/mol. The second-order valence-corrected chi connectivity index (χ2v) is 8.58. The van der Waals surface area contributed by atoms with Crippen molar-refractivity contribution in [3.8, 4) is 0 Å². The zero-order valence-corrected chi connectivity index (χ0v) is 18.7. The molecule has 0 aliphatic rings. The van der Waals surface area contributed by atoms with Gasteiger partial charge in [-0.2, -0.15) is 0 Å².